The molecular weight excluding hydrogens is 354 g/mol. The first kappa shape index (κ1) is 18.7. The average Bonchev–Trinajstić information content (AvgIpc) is 2.95. The Bertz CT molecular complexity index is 859. The molecule has 1 amide bonds. The lowest BCUT2D eigenvalue weighted by Gasteiger charge is -2.34. The molecule has 3 N–H and O–H groups in total. The Labute approximate surface area is 165 Å². The van der Waals surface area contributed by atoms with Gasteiger partial charge in [0.2, 0.25) is 0 Å². The molecule has 2 heterocycles. The van der Waals surface area contributed by atoms with Gasteiger partial charge in [-0.2, -0.15) is 0 Å². The van der Waals surface area contributed by atoms with Crippen molar-refractivity contribution in [3.05, 3.63) is 22.2 Å². The number of hydrogen-bond donors (Lipinski definition) is 2. The standard InChI is InChI=1S/C22H31N3OS/c1-22(2,3)14-9-10-17-13(11-14)12-16-18(23)19(27-21(16)25-17)20(26)24-15-7-5-4-6-8-15/h12,14-15H,4-11,23H2,1-3H3,(H,24,26)/t14-/m0/s1. The predicted octanol–water partition coefficient (Wildman–Crippen LogP) is 5.09. The fourth-order valence-electron chi connectivity index (χ4n) is 4.60. The first-order valence-corrected chi connectivity index (χ1v) is 11.2. The minimum Gasteiger partial charge on any atom is -0.397 e. The van der Waals surface area contributed by atoms with E-state index in [0.717, 1.165) is 35.9 Å². The molecule has 2 aromatic rings. The number of nitrogens with two attached hydrogens (primary N) is 1. The topological polar surface area (TPSA) is 68.0 Å². The summed E-state index contributed by atoms with van der Waals surface area (Å²) in [5, 5.41) is 4.16. The van der Waals surface area contributed by atoms with Crippen molar-refractivity contribution in [3.8, 4) is 0 Å². The maximum absolute atomic E-state index is 12.8. The number of nitrogen functional groups attached to an aromatic ring is 1. The molecule has 0 saturated heterocycles. The molecule has 0 unspecified atom stereocenters. The highest BCUT2D eigenvalue weighted by Crippen LogP contribution is 2.40. The van der Waals surface area contributed by atoms with E-state index >= 15 is 0 Å². The summed E-state index contributed by atoms with van der Waals surface area (Å²) in [5.74, 6) is 0.645. The van der Waals surface area contributed by atoms with Gasteiger partial charge < -0.3 is 11.1 Å². The molecule has 0 radical (unpaired) electrons. The summed E-state index contributed by atoms with van der Waals surface area (Å²) in [6.45, 7) is 6.96. The minimum atomic E-state index is -0.0204. The van der Waals surface area contributed by atoms with Crippen LogP contribution in [0.3, 0.4) is 0 Å². The number of anilines is 1. The third kappa shape index (κ3) is 3.71. The molecule has 0 bridgehead atoms. The average molecular weight is 386 g/mol. The van der Waals surface area contributed by atoms with Crippen molar-refractivity contribution in [1.29, 1.82) is 0 Å². The smallest absolute Gasteiger partial charge is 0.263 e. The van der Waals surface area contributed by atoms with Crippen LogP contribution < -0.4 is 11.1 Å². The summed E-state index contributed by atoms with van der Waals surface area (Å²) in [5.41, 5.74) is 9.83. The molecule has 0 spiro atoms. The highest BCUT2D eigenvalue weighted by atomic mass is 32.1. The second kappa shape index (κ2) is 7.08. The number of thiophene rings is 1. The van der Waals surface area contributed by atoms with Crippen LogP contribution in [0.4, 0.5) is 5.69 Å². The molecule has 4 nitrogen and oxygen atoms in total. The molecule has 1 fully saturated rings. The maximum Gasteiger partial charge on any atom is 0.263 e. The van der Waals surface area contributed by atoms with Crippen LogP contribution in [0.1, 0.15) is 80.2 Å². The van der Waals surface area contributed by atoms with Crippen molar-refractivity contribution in [2.75, 3.05) is 5.73 Å². The Morgan fingerprint density at radius 2 is 1.96 bits per heavy atom. The van der Waals surface area contributed by atoms with E-state index in [9.17, 15) is 4.79 Å². The highest BCUT2D eigenvalue weighted by Gasteiger charge is 2.30. The lowest BCUT2D eigenvalue weighted by molar-refractivity contribution is 0.0932. The van der Waals surface area contributed by atoms with Gasteiger partial charge in [0.05, 0.1) is 5.69 Å². The fourth-order valence-corrected chi connectivity index (χ4v) is 5.60. The summed E-state index contributed by atoms with van der Waals surface area (Å²) >= 11 is 1.45. The highest BCUT2D eigenvalue weighted by molar-refractivity contribution is 7.21. The Morgan fingerprint density at radius 1 is 1.22 bits per heavy atom. The van der Waals surface area contributed by atoms with E-state index < -0.39 is 0 Å². The van der Waals surface area contributed by atoms with E-state index in [1.54, 1.807) is 0 Å². The van der Waals surface area contributed by atoms with E-state index in [1.165, 1.54) is 48.3 Å². The van der Waals surface area contributed by atoms with Crippen molar-refractivity contribution in [3.63, 3.8) is 0 Å². The van der Waals surface area contributed by atoms with Crippen LogP contribution >= 0.6 is 11.3 Å². The lowest BCUT2D eigenvalue weighted by atomic mass is 9.71. The Morgan fingerprint density at radius 3 is 2.67 bits per heavy atom. The normalized spacial score (nSPS) is 21.2. The van der Waals surface area contributed by atoms with Crippen LogP contribution in [0.15, 0.2) is 6.07 Å². The largest absolute Gasteiger partial charge is 0.397 e. The molecule has 5 heteroatoms. The summed E-state index contributed by atoms with van der Waals surface area (Å²) in [6, 6.07) is 2.50. The van der Waals surface area contributed by atoms with Crippen LogP contribution in [0.2, 0.25) is 0 Å². The van der Waals surface area contributed by atoms with E-state index in [0.29, 0.717) is 27.9 Å². The zero-order valence-corrected chi connectivity index (χ0v) is 17.5. The molecule has 2 aliphatic rings. The van der Waals surface area contributed by atoms with Gasteiger partial charge in [0.25, 0.3) is 5.91 Å². The van der Waals surface area contributed by atoms with E-state index in [-0.39, 0.29) is 5.91 Å². The minimum absolute atomic E-state index is 0.0204. The summed E-state index contributed by atoms with van der Waals surface area (Å²) < 4.78 is 0. The van der Waals surface area contributed by atoms with Crippen molar-refractivity contribution < 1.29 is 4.79 Å². The van der Waals surface area contributed by atoms with Gasteiger partial charge in [-0.3, -0.25) is 4.79 Å². The van der Waals surface area contributed by atoms with Gasteiger partial charge in [0, 0.05) is 17.1 Å². The van der Waals surface area contributed by atoms with Crippen LogP contribution in [0.25, 0.3) is 10.2 Å². The molecule has 4 rings (SSSR count). The first-order valence-electron chi connectivity index (χ1n) is 10.3. The molecule has 146 valence electrons. The first-order chi connectivity index (χ1) is 12.8. The van der Waals surface area contributed by atoms with E-state index in [1.807, 2.05) is 0 Å². The number of amides is 1. The molecule has 0 aromatic carbocycles. The van der Waals surface area contributed by atoms with Crippen molar-refractivity contribution >= 4 is 33.1 Å². The third-order valence-electron chi connectivity index (χ3n) is 6.46. The molecule has 2 aliphatic carbocycles. The zero-order valence-electron chi connectivity index (χ0n) is 16.7. The van der Waals surface area contributed by atoms with Gasteiger partial charge >= 0.3 is 0 Å². The number of aryl methyl sites for hydroxylation is 1. The zero-order chi connectivity index (χ0) is 19.2. The van der Waals surface area contributed by atoms with Gasteiger partial charge in [-0.15, -0.1) is 11.3 Å². The molecule has 0 aliphatic heterocycles. The van der Waals surface area contributed by atoms with Gasteiger partial charge in [-0.1, -0.05) is 40.0 Å². The van der Waals surface area contributed by atoms with Crippen molar-refractivity contribution in [1.82, 2.24) is 10.3 Å². The summed E-state index contributed by atoms with van der Waals surface area (Å²) in [4.78, 5) is 19.2. The van der Waals surface area contributed by atoms with Gasteiger partial charge in [0.15, 0.2) is 0 Å². The van der Waals surface area contributed by atoms with E-state index in [4.69, 9.17) is 10.7 Å². The number of carbonyl (C=O) groups is 1. The number of nitrogens with one attached hydrogen (secondary N) is 1. The Hall–Kier alpha value is -1.62. The molecular formula is C22H31N3OS. The number of aromatic nitrogens is 1. The Balaban J connectivity index is 1.61. The van der Waals surface area contributed by atoms with Crippen molar-refractivity contribution in [2.45, 2.75) is 78.2 Å². The second-order valence-corrected chi connectivity index (χ2v) is 10.4. The third-order valence-corrected chi connectivity index (χ3v) is 7.57. The number of rotatable bonds is 2. The molecule has 1 saturated carbocycles. The molecule has 2 aromatic heterocycles. The SMILES string of the molecule is CC(C)(C)[C@H]1CCc2nc3sc(C(=O)NC4CCCCC4)c(N)c3cc2C1. The maximum atomic E-state index is 12.8. The van der Waals surface area contributed by atoms with Crippen LogP contribution in [0.5, 0.6) is 0 Å². The molecule has 27 heavy (non-hydrogen) atoms. The van der Waals surface area contributed by atoms with E-state index in [2.05, 4.69) is 32.2 Å². The fraction of sp³-hybridized carbons (Fsp3) is 0.636. The second-order valence-electron chi connectivity index (χ2n) is 9.41. The lowest BCUT2D eigenvalue weighted by Crippen LogP contribution is -2.36. The van der Waals surface area contributed by atoms with Crippen LogP contribution in [-0.2, 0) is 12.8 Å². The van der Waals surface area contributed by atoms with Gasteiger partial charge in [0.1, 0.15) is 9.71 Å². The summed E-state index contributed by atoms with van der Waals surface area (Å²) in [6.07, 6.45) is 9.11. The van der Waals surface area contributed by atoms with Crippen LogP contribution in [0, 0.1) is 11.3 Å². The summed E-state index contributed by atoms with van der Waals surface area (Å²) in [7, 11) is 0. The van der Waals surface area contributed by atoms with Gasteiger partial charge in [-0.25, -0.2) is 4.98 Å². The number of fused-ring (bicyclic) bond motifs is 2. The Kier molecular flexibility index (Phi) is 4.91. The number of pyridine rings is 1. The number of nitrogens with zero attached hydrogens (tertiary/aromatic N) is 1. The monoisotopic (exact) mass is 385 g/mol. The van der Waals surface area contributed by atoms with Gasteiger partial charge in [-0.05, 0) is 55.1 Å². The molecule has 1 atom stereocenters. The number of hydrogen-bond acceptors (Lipinski definition) is 4. The van der Waals surface area contributed by atoms with Crippen molar-refractivity contribution in [2.24, 2.45) is 11.3 Å². The van der Waals surface area contributed by atoms with Crippen LogP contribution in [-0.4, -0.2) is 16.9 Å². The quantitative estimate of drug-likeness (QED) is 0.756. The predicted molar refractivity (Wildman–Crippen MR) is 113 cm³/mol. The number of carbonyl (C=O) groups excluding carboxylic acids is 1.